The number of imidazole rings is 1. The summed E-state index contributed by atoms with van der Waals surface area (Å²) in [6.45, 7) is 1.00. The lowest BCUT2D eigenvalue weighted by Crippen LogP contribution is -2.12. The van der Waals surface area contributed by atoms with Gasteiger partial charge in [-0.3, -0.25) is 4.79 Å². The molecule has 3 aromatic rings. The molecule has 0 aliphatic carbocycles. The third-order valence-electron chi connectivity index (χ3n) is 3.91. The van der Waals surface area contributed by atoms with E-state index in [1.165, 1.54) is 0 Å². The first-order valence-electron chi connectivity index (χ1n) is 7.67. The number of fused-ring (bicyclic) bond motifs is 1. The van der Waals surface area contributed by atoms with Gasteiger partial charge in [-0.25, -0.2) is 4.98 Å². The highest BCUT2D eigenvalue weighted by Crippen LogP contribution is 2.29. The number of rotatable bonds is 3. The van der Waals surface area contributed by atoms with Gasteiger partial charge in [0.1, 0.15) is 0 Å². The fourth-order valence-corrected chi connectivity index (χ4v) is 3.96. The molecule has 2 heterocycles. The smallest absolute Gasteiger partial charge is 0.257 e. The number of amides is 1. The molecule has 7 heteroatoms. The van der Waals surface area contributed by atoms with Crippen molar-refractivity contribution in [2.75, 3.05) is 11.1 Å². The standard InChI is InChI=1S/C18H13Cl2N3OS/c19-12-3-6-15(20)14(9-12)17(24)21-13-4-1-11(2-5-13)16-10-23-7-8-25-18(23)22-16/h1-6,9-10H,7-8H2,(H,21,24). The fraction of sp³-hybridized carbons (Fsp3) is 0.111. The zero-order valence-corrected chi connectivity index (χ0v) is 15.3. The molecule has 1 aromatic heterocycles. The van der Waals surface area contributed by atoms with Crippen molar-refractivity contribution in [1.29, 1.82) is 0 Å². The van der Waals surface area contributed by atoms with Crippen molar-refractivity contribution in [3.8, 4) is 11.3 Å². The van der Waals surface area contributed by atoms with Gasteiger partial charge < -0.3 is 9.88 Å². The summed E-state index contributed by atoms with van der Waals surface area (Å²) in [5, 5.41) is 4.72. The number of nitrogens with one attached hydrogen (secondary N) is 1. The number of nitrogens with zero attached hydrogens (tertiary/aromatic N) is 2. The highest BCUT2D eigenvalue weighted by Gasteiger charge is 2.15. The minimum Gasteiger partial charge on any atom is -0.325 e. The van der Waals surface area contributed by atoms with Crippen molar-refractivity contribution in [2.24, 2.45) is 0 Å². The molecule has 2 aromatic carbocycles. The Labute approximate surface area is 159 Å². The first-order chi connectivity index (χ1) is 12.1. The van der Waals surface area contributed by atoms with Crippen LogP contribution in [-0.4, -0.2) is 21.2 Å². The van der Waals surface area contributed by atoms with Gasteiger partial charge in [0.05, 0.1) is 16.3 Å². The van der Waals surface area contributed by atoms with Crippen LogP contribution in [-0.2, 0) is 6.54 Å². The van der Waals surface area contributed by atoms with Crippen molar-refractivity contribution in [3.63, 3.8) is 0 Å². The Bertz CT molecular complexity index is 932. The molecule has 0 saturated heterocycles. The van der Waals surface area contributed by atoms with Crippen LogP contribution in [0.15, 0.2) is 53.8 Å². The van der Waals surface area contributed by atoms with E-state index in [4.69, 9.17) is 23.2 Å². The predicted octanol–water partition coefficient (Wildman–Crippen LogP) is 5.21. The topological polar surface area (TPSA) is 46.9 Å². The van der Waals surface area contributed by atoms with E-state index >= 15 is 0 Å². The van der Waals surface area contributed by atoms with E-state index in [9.17, 15) is 4.79 Å². The zero-order valence-electron chi connectivity index (χ0n) is 13.0. The highest BCUT2D eigenvalue weighted by atomic mass is 35.5. The summed E-state index contributed by atoms with van der Waals surface area (Å²) in [5.74, 6) is 0.789. The lowest BCUT2D eigenvalue weighted by molar-refractivity contribution is 0.102. The van der Waals surface area contributed by atoms with Gasteiger partial charge in [0.2, 0.25) is 0 Å². The van der Waals surface area contributed by atoms with E-state index in [0.717, 1.165) is 28.7 Å². The summed E-state index contributed by atoms with van der Waals surface area (Å²) in [4.78, 5) is 17.0. The molecule has 1 aliphatic heterocycles. The van der Waals surface area contributed by atoms with Crippen molar-refractivity contribution in [2.45, 2.75) is 11.7 Å². The monoisotopic (exact) mass is 389 g/mol. The Morgan fingerprint density at radius 1 is 1.16 bits per heavy atom. The van der Waals surface area contributed by atoms with Crippen LogP contribution < -0.4 is 5.32 Å². The SMILES string of the molecule is O=C(Nc1ccc(-c2cn3c(n2)SCC3)cc1)c1cc(Cl)ccc1Cl. The van der Waals surface area contributed by atoms with Crippen LogP contribution in [0.1, 0.15) is 10.4 Å². The fourth-order valence-electron chi connectivity index (χ4n) is 2.64. The van der Waals surface area contributed by atoms with Gasteiger partial charge in [-0.2, -0.15) is 0 Å². The number of carbonyl (C=O) groups excluding carboxylic acids is 1. The van der Waals surface area contributed by atoms with Crippen molar-refractivity contribution in [3.05, 3.63) is 64.3 Å². The van der Waals surface area contributed by atoms with Crippen LogP contribution in [0, 0.1) is 0 Å². The van der Waals surface area contributed by atoms with Crippen molar-refractivity contribution in [1.82, 2.24) is 9.55 Å². The maximum atomic E-state index is 12.4. The van der Waals surface area contributed by atoms with Gasteiger partial charge in [0, 0.05) is 34.8 Å². The minimum absolute atomic E-state index is 0.294. The number of hydrogen-bond donors (Lipinski definition) is 1. The molecule has 1 aliphatic rings. The van der Waals surface area contributed by atoms with E-state index in [0.29, 0.717) is 21.3 Å². The van der Waals surface area contributed by atoms with Gasteiger partial charge in [-0.15, -0.1) is 0 Å². The minimum atomic E-state index is -0.294. The largest absolute Gasteiger partial charge is 0.325 e. The number of halogens is 2. The summed E-state index contributed by atoms with van der Waals surface area (Å²) in [7, 11) is 0. The lowest BCUT2D eigenvalue weighted by Gasteiger charge is -2.08. The molecule has 1 amide bonds. The molecule has 0 fully saturated rings. The van der Waals surface area contributed by atoms with Crippen molar-refractivity contribution >= 4 is 46.6 Å². The molecule has 4 rings (SSSR count). The third kappa shape index (κ3) is 3.40. The van der Waals surface area contributed by atoms with E-state index < -0.39 is 0 Å². The first kappa shape index (κ1) is 16.5. The summed E-state index contributed by atoms with van der Waals surface area (Å²) in [5.41, 5.74) is 2.99. The average molecular weight is 390 g/mol. The Morgan fingerprint density at radius 2 is 1.96 bits per heavy atom. The summed E-state index contributed by atoms with van der Waals surface area (Å²) in [6, 6.07) is 12.4. The highest BCUT2D eigenvalue weighted by molar-refractivity contribution is 7.99. The molecule has 0 saturated carbocycles. The van der Waals surface area contributed by atoms with Crippen LogP contribution in [0.4, 0.5) is 5.69 Å². The summed E-state index contributed by atoms with van der Waals surface area (Å²) in [6.07, 6.45) is 2.06. The van der Waals surface area contributed by atoms with Crippen molar-refractivity contribution < 1.29 is 4.79 Å². The van der Waals surface area contributed by atoms with Gasteiger partial charge in [0.25, 0.3) is 5.91 Å². The number of hydrogen-bond acceptors (Lipinski definition) is 3. The first-order valence-corrected chi connectivity index (χ1v) is 9.41. The van der Waals surface area contributed by atoms with Gasteiger partial charge in [-0.05, 0) is 30.3 Å². The normalized spacial score (nSPS) is 12.9. The molecule has 0 atom stereocenters. The average Bonchev–Trinajstić information content (AvgIpc) is 3.19. The second-order valence-corrected chi connectivity index (χ2v) is 7.51. The molecular weight excluding hydrogens is 377 g/mol. The molecule has 0 radical (unpaired) electrons. The second kappa shape index (κ2) is 6.75. The Morgan fingerprint density at radius 3 is 2.72 bits per heavy atom. The van der Waals surface area contributed by atoms with Crippen LogP contribution in [0.25, 0.3) is 11.3 Å². The summed E-state index contributed by atoms with van der Waals surface area (Å²) >= 11 is 13.8. The number of carbonyl (C=O) groups is 1. The molecule has 0 bridgehead atoms. The zero-order chi connectivity index (χ0) is 17.4. The van der Waals surface area contributed by atoms with Gasteiger partial charge in [-0.1, -0.05) is 47.1 Å². The molecule has 25 heavy (non-hydrogen) atoms. The number of thioether (sulfide) groups is 1. The lowest BCUT2D eigenvalue weighted by atomic mass is 10.1. The number of aromatic nitrogens is 2. The number of anilines is 1. The molecule has 126 valence electrons. The number of aryl methyl sites for hydroxylation is 1. The number of benzene rings is 2. The van der Waals surface area contributed by atoms with Crippen LogP contribution in [0.5, 0.6) is 0 Å². The van der Waals surface area contributed by atoms with Gasteiger partial charge >= 0.3 is 0 Å². The molecular formula is C18H13Cl2N3OS. The van der Waals surface area contributed by atoms with E-state index in [2.05, 4.69) is 21.1 Å². The molecule has 4 nitrogen and oxygen atoms in total. The molecule has 0 spiro atoms. The Kier molecular flexibility index (Phi) is 4.46. The quantitative estimate of drug-likeness (QED) is 0.668. The van der Waals surface area contributed by atoms with Crippen LogP contribution in [0.2, 0.25) is 10.0 Å². The van der Waals surface area contributed by atoms with E-state index in [-0.39, 0.29) is 5.91 Å². The summed E-state index contributed by atoms with van der Waals surface area (Å²) < 4.78 is 2.16. The molecule has 1 N–H and O–H groups in total. The van der Waals surface area contributed by atoms with Gasteiger partial charge in [0.15, 0.2) is 5.16 Å². The maximum absolute atomic E-state index is 12.4. The maximum Gasteiger partial charge on any atom is 0.257 e. The third-order valence-corrected chi connectivity index (χ3v) is 5.45. The second-order valence-electron chi connectivity index (χ2n) is 5.61. The molecule has 0 unspecified atom stereocenters. The Hall–Kier alpha value is -1.95. The Balaban J connectivity index is 1.52. The van der Waals surface area contributed by atoms with Crippen LogP contribution in [0.3, 0.4) is 0 Å². The van der Waals surface area contributed by atoms with E-state index in [1.54, 1.807) is 30.0 Å². The van der Waals surface area contributed by atoms with E-state index in [1.807, 2.05) is 24.3 Å². The predicted molar refractivity (Wildman–Crippen MR) is 103 cm³/mol. The van der Waals surface area contributed by atoms with Crippen LogP contribution >= 0.6 is 35.0 Å².